The van der Waals surface area contributed by atoms with E-state index in [0.717, 1.165) is 64.1 Å². The Hall–Kier alpha value is 0.270. The molecule has 3 heteroatoms. The highest BCUT2D eigenvalue weighted by molar-refractivity contribution is 8.00. The lowest BCUT2D eigenvalue weighted by Crippen LogP contribution is -2.53. The van der Waals surface area contributed by atoms with Crippen molar-refractivity contribution in [1.29, 1.82) is 0 Å². The molecule has 8 aliphatic rings. The van der Waals surface area contributed by atoms with Crippen LogP contribution < -0.4 is 0 Å². The van der Waals surface area contributed by atoms with E-state index in [0.29, 0.717) is 12.2 Å². The van der Waals surface area contributed by atoms with Gasteiger partial charge in [-0.15, -0.1) is 0 Å². The monoisotopic (exact) mass is 469 g/mol. The highest BCUT2D eigenvalue weighted by Gasteiger charge is 2.61. The summed E-state index contributed by atoms with van der Waals surface area (Å²) in [5.41, 5.74) is 0. The largest absolute Gasteiger partial charge is 0.374 e. The van der Waals surface area contributed by atoms with Gasteiger partial charge in [0.05, 0.1) is 12.2 Å². The Balaban J connectivity index is 1.10. The first kappa shape index (κ1) is 21.4. The fourth-order valence-electron chi connectivity index (χ4n) is 11.6. The summed E-state index contributed by atoms with van der Waals surface area (Å²) in [6.07, 6.45) is 26.8. The van der Waals surface area contributed by atoms with E-state index in [1.807, 2.05) is 0 Å². The van der Waals surface area contributed by atoms with Gasteiger partial charge < -0.3 is 4.74 Å². The molecule has 8 fully saturated rings. The van der Waals surface area contributed by atoms with Crippen molar-refractivity contribution in [3.63, 3.8) is 0 Å². The number of likely N-dealkylation sites (tertiary alicyclic amines) is 1. The van der Waals surface area contributed by atoms with E-state index < -0.39 is 0 Å². The zero-order valence-electron chi connectivity index (χ0n) is 20.8. The van der Waals surface area contributed by atoms with Crippen LogP contribution in [0.4, 0.5) is 0 Å². The first-order valence-electron chi connectivity index (χ1n) is 15.5. The molecule has 0 aromatic rings. The smallest absolute Gasteiger partial charge is 0.0621 e. The molecule has 3 aliphatic heterocycles. The predicted molar refractivity (Wildman–Crippen MR) is 136 cm³/mol. The molecule has 13 atom stereocenters. The predicted octanol–water partition coefficient (Wildman–Crippen LogP) is 7.06. The van der Waals surface area contributed by atoms with Crippen molar-refractivity contribution >= 4 is 11.8 Å². The van der Waals surface area contributed by atoms with Gasteiger partial charge in [-0.05, 0) is 93.8 Å². The van der Waals surface area contributed by atoms with Crippen LogP contribution in [-0.2, 0) is 4.74 Å². The maximum absolute atomic E-state index is 6.78. The molecule has 0 N–H and O–H groups in total. The molecular weight excluding hydrogens is 422 g/mol. The van der Waals surface area contributed by atoms with Gasteiger partial charge in [0.1, 0.15) is 0 Å². The van der Waals surface area contributed by atoms with Gasteiger partial charge in [0.15, 0.2) is 0 Å². The first-order valence-corrected chi connectivity index (χ1v) is 16.4. The topological polar surface area (TPSA) is 12.5 Å². The molecular formula is C30H47NOS. The highest BCUT2D eigenvalue weighted by Crippen LogP contribution is 2.63. The third-order valence-electron chi connectivity index (χ3n) is 12.6. The minimum Gasteiger partial charge on any atom is -0.374 e. The molecule has 0 aromatic heterocycles. The fourth-order valence-corrected chi connectivity index (χ4v) is 14.0. The van der Waals surface area contributed by atoms with Gasteiger partial charge in [0, 0.05) is 34.5 Å². The van der Waals surface area contributed by atoms with Gasteiger partial charge in [-0.3, -0.25) is 4.90 Å². The summed E-state index contributed by atoms with van der Waals surface area (Å²) in [7, 11) is 0. The summed E-state index contributed by atoms with van der Waals surface area (Å²) in [5.74, 6) is 6.02. The fraction of sp³-hybridized carbons (Fsp3) is 1.00. The normalized spacial score (nSPS) is 58.0. The Bertz CT molecular complexity index is 721. The third-order valence-corrected chi connectivity index (χ3v) is 14.5. The Morgan fingerprint density at radius 1 is 0.455 bits per heavy atom. The molecule has 0 spiro atoms. The molecule has 5 saturated carbocycles. The van der Waals surface area contributed by atoms with Crippen molar-refractivity contribution in [3.8, 4) is 0 Å². The quantitative estimate of drug-likeness (QED) is 0.408. The van der Waals surface area contributed by atoms with E-state index in [-0.39, 0.29) is 0 Å². The molecule has 2 nitrogen and oxygen atoms in total. The van der Waals surface area contributed by atoms with Crippen LogP contribution in [0.25, 0.3) is 0 Å². The van der Waals surface area contributed by atoms with E-state index in [4.69, 9.17) is 4.74 Å². The average molecular weight is 470 g/mol. The molecule has 3 saturated heterocycles. The van der Waals surface area contributed by atoms with Crippen LogP contribution in [0, 0.1) is 35.5 Å². The second-order valence-electron chi connectivity index (χ2n) is 13.7. The summed E-state index contributed by atoms with van der Waals surface area (Å²) >= 11 is 2.56. The summed E-state index contributed by atoms with van der Waals surface area (Å²) in [6, 6.07) is 2.84. The minimum atomic E-state index is 0.627. The third kappa shape index (κ3) is 3.19. The summed E-state index contributed by atoms with van der Waals surface area (Å²) < 4.78 is 6.78. The van der Waals surface area contributed by atoms with Gasteiger partial charge in [-0.25, -0.2) is 0 Å². The zero-order chi connectivity index (χ0) is 21.5. The molecule has 5 aliphatic carbocycles. The lowest BCUT2D eigenvalue weighted by Gasteiger charge is -2.47. The second-order valence-corrected chi connectivity index (χ2v) is 15.0. The van der Waals surface area contributed by atoms with E-state index >= 15 is 0 Å². The van der Waals surface area contributed by atoms with E-state index in [2.05, 4.69) is 16.7 Å². The molecule has 0 bridgehead atoms. The standard InChI is InChI=1S/C30H47NOS/c1-4-12-23-18(8-1)19-9-2-5-13-24(19)31(23)25-14-7-11-20-21-16-17-27-28(30(21)33-29(20)25)22-10-3-6-15-26(22)32-27/h18-30H,1-17H2. The molecule has 3 heterocycles. The maximum atomic E-state index is 6.78. The number of thioether (sulfide) groups is 1. The second kappa shape index (κ2) is 8.41. The molecule has 0 amide bonds. The molecule has 0 aromatic carbocycles. The molecule has 0 radical (unpaired) electrons. The molecule has 184 valence electrons. The highest BCUT2D eigenvalue weighted by atomic mass is 32.2. The van der Waals surface area contributed by atoms with Gasteiger partial charge in [0.25, 0.3) is 0 Å². The number of nitrogens with zero attached hydrogens (tertiary/aromatic N) is 1. The van der Waals surface area contributed by atoms with Crippen molar-refractivity contribution in [2.45, 2.75) is 150 Å². The Morgan fingerprint density at radius 3 is 1.85 bits per heavy atom. The summed E-state index contributed by atoms with van der Waals surface area (Å²) in [5, 5.41) is 1.90. The number of rotatable bonds is 1. The number of hydrogen-bond acceptors (Lipinski definition) is 3. The lowest BCUT2D eigenvalue weighted by atomic mass is 9.65. The maximum Gasteiger partial charge on any atom is 0.0621 e. The summed E-state index contributed by atoms with van der Waals surface area (Å²) in [4.78, 5) is 3.29. The average Bonchev–Trinajstić information content (AvgIpc) is 3.53. The summed E-state index contributed by atoms with van der Waals surface area (Å²) in [6.45, 7) is 0. The van der Waals surface area contributed by atoms with Crippen LogP contribution in [0.3, 0.4) is 0 Å². The minimum absolute atomic E-state index is 0.627. The zero-order valence-corrected chi connectivity index (χ0v) is 21.6. The molecule has 8 rings (SSSR count). The first-order chi connectivity index (χ1) is 16.4. The van der Waals surface area contributed by atoms with Crippen LogP contribution in [-0.4, -0.2) is 45.7 Å². The van der Waals surface area contributed by atoms with Crippen LogP contribution in [0.5, 0.6) is 0 Å². The van der Waals surface area contributed by atoms with Gasteiger partial charge in [0.2, 0.25) is 0 Å². The van der Waals surface area contributed by atoms with E-state index in [9.17, 15) is 0 Å². The van der Waals surface area contributed by atoms with Crippen molar-refractivity contribution in [2.24, 2.45) is 35.5 Å². The number of fused-ring (bicyclic) bond motifs is 10. The lowest BCUT2D eigenvalue weighted by molar-refractivity contribution is -0.00420. The Morgan fingerprint density at radius 2 is 1.06 bits per heavy atom. The number of ether oxygens (including phenoxy) is 1. The van der Waals surface area contributed by atoms with Crippen LogP contribution in [0.1, 0.15) is 109 Å². The van der Waals surface area contributed by atoms with E-state index in [1.54, 1.807) is 19.3 Å². The van der Waals surface area contributed by atoms with Crippen molar-refractivity contribution in [3.05, 3.63) is 0 Å². The number of hydrogen-bond donors (Lipinski definition) is 0. The van der Waals surface area contributed by atoms with Crippen LogP contribution in [0.15, 0.2) is 0 Å². The van der Waals surface area contributed by atoms with E-state index in [1.165, 1.54) is 89.9 Å². The van der Waals surface area contributed by atoms with Gasteiger partial charge in [-0.2, -0.15) is 11.8 Å². The SMILES string of the molecule is C1CCC2C(C1)OC1CCC3C4CCCC(N5C6CCCCC6C6CCCCC65)C4SC3C12. The van der Waals surface area contributed by atoms with Crippen molar-refractivity contribution < 1.29 is 4.74 Å². The van der Waals surface area contributed by atoms with Crippen LogP contribution in [0.2, 0.25) is 0 Å². The van der Waals surface area contributed by atoms with Gasteiger partial charge in [-0.1, -0.05) is 44.9 Å². The Kier molecular flexibility index (Phi) is 5.44. The van der Waals surface area contributed by atoms with Gasteiger partial charge >= 0.3 is 0 Å². The van der Waals surface area contributed by atoms with Crippen LogP contribution >= 0.6 is 11.8 Å². The van der Waals surface area contributed by atoms with Crippen molar-refractivity contribution in [2.75, 3.05) is 0 Å². The molecule has 33 heavy (non-hydrogen) atoms. The molecule has 13 unspecified atom stereocenters. The Labute approximate surface area is 206 Å². The van der Waals surface area contributed by atoms with Crippen molar-refractivity contribution in [1.82, 2.24) is 4.90 Å².